The molecule has 132 valence electrons. The Morgan fingerprint density at radius 3 is 2.42 bits per heavy atom. The molecule has 0 atom stereocenters. The number of esters is 1. The zero-order valence-electron chi connectivity index (χ0n) is 14.1. The van der Waals surface area contributed by atoms with Crippen LogP contribution < -0.4 is 15.5 Å². The van der Waals surface area contributed by atoms with E-state index in [9.17, 15) is 14.4 Å². The Balaban J connectivity index is 2.01. The minimum atomic E-state index is -0.778. The first kappa shape index (κ1) is 17.2. The van der Waals surface area contributed by atoms with Crippen LogP contribution in [-0.2, 0) is 4.74 Å². The molecule has 1 N–H and O–H groups in total. The Hall–Kier alpha value is -3.61. The van der Waals surface area contributed by atoms with Crippen LogP contribution in [-0.4, -0.2) is 26.1 Å². The molecule has 0 saturated carbocycles. The predicted molar refractivity (Wildman–Crippen MR) is 94.8 cm³/mol. The molecule has 0 aliphatic carbocycles. The number of benzene rings is 2. The van der Waals surface area contributed by atoms with Gasteiger partial charge < -0.3 is 19.2 Å². The van der Waals surface area contributed by atoms with E-state index >= 15 is 0 Å². The van der Waals surface area contributed by atoms with Crippen LogP contribution in [0.15, 0.2) is 57.7 Å². The monoisotopic (exact) mass is 353 g/mol. The highest BCUT2D eigenvalue weighted by atomic mass is 16.5. The molecule has 0 saturated heterocycles. The molecule has 0 bridgehead atoms. The quantitative estimate of drug-likeness (QED) is 0.725. The maximum absolute atomic E-state index is 12.5. The number of hydrogen-bond donors (Lipinski definition) is 1. The van der Waals surface area contributed by atoms with Crippen LogP contribution in [0.5, 0.6) is 5.75 Å². The highest BCUT2D eigenvalue weighted by molar-refractivity contribution is 6.08. The predicted octanol–water partition coefficient (Wildman–Crippen LogP) is 2.84. The van der Waals surface area contributed by atoms with Gasteiger partial charge in [-0.15, -0.1) is 0 Å². The van der Waals surface area contributed by atoms with Crippen LogP contribution in [0.1, 0.15) is 20.9 Å². The molecule has 1 heterocycles. The molecule has 3 aromatic rings. The molecule has 0 spiro atoms. The largest absolute Gasteiger partial charge is 0.497 e. The molecule has 1 aromatic heterocycles. The first-order valence-corrected chi connectivity index (χ1v) is 7.64. The molecule has 2 aromatic carbocycles. The number of para-hydroxylation sites is 1. The summed E-state index contributed by atoms with van der Waals surface area (Å²) in [4.78, 5) is 36.3. The molecule has 3 rings (SSSR count). The molecule has 7 nitrogen and oxygen atoms in total. The van der Waals surface area contributed by atoms with Crippen molar-refractivity contribution in [1.29, 1.82) is 0 Å². The zero-order chi connectivity index (χ0) is 18.7. The van der Waals surface area contributed by atoms with Gasteiger partial charge in [-0.1, -0.05) is 6.07 Å². The zero-order valence-corrected chi connectivity index (χ0v) is 14.1. The minimum absolute atomic E-state index is 0.0993. The maximum atomic E-state index is 12.5. The Bertz CT molecular complexity index is 1040. The van der Waals surface area contributed by atoms with Crippen molar-refractivity contribution in [3.05, 3.63) is 70.1 Å². The van der Waals surface area contributed by atoms with Crippen molar-refractivity contribution in [2.45, 2.75) is 0 Å². The lowest BCUT2D eigenvalue weighted by molar-refractivity contribution is 0.0565. The van der Waals surface area contributed by atoms with E-state index in [-0.39, 0.29) is 22.4 Å². The van der Waals surface area contributed by atoms with Crippen molar-refractivity contribution in [2.75, 3.05) is 19.5 Å². The van der Waals surface area contributed by atoms with Crippen molar-refractivity contribution >= 4 is 28.5 Å². The second kappa shape index (κ2) is 7.10. The third-order valence-electron chi connectivity index (χ3n) is 3.74. The molecule has 1 amide bonds. The van der Waals surface area contributed by atoms with Gasteiger partial charge in [0.25, 0.3) is 5.91 Å². The summed E-state index contributed by atoms with van der Waals surface area (Å²) in [5.41, 5.74) is 0.356. The lowest BCUT2D eigenvalue weighted by Gasteiger charge is -2.09. The summed E-state index contributed by atoms with van der Waals surface area (Å²) < 4.78 is 15.1. The minimum Gasteiger partial charge on any atom is -0.497 e. The number of anilines is 1. The van der Waals surface area contributed by atoms with Crippen LogP contribution in [0, 0.1) is 0 Å². The fourth-order valence-corrected chi connectivity index (χ4v) is 2.41. The van der Waals surface area contributed by atoms with Crippen LogP contribution in [0.2, 0.25) is 0 Å². The van der Waals surface area contributed by atoms with Gasteiger partial charge in [0.1, 0.15) is 5.75 Å². The van der Waals surface area contributed by atoms with E-state index in [1.165, 1.54) is 14.2 Å². The number of hydrogen-bond acceptors (Lipinski definition) is 6. The van der Waals surface area contributed by atoms with E-state index in [0.29, 0.717) is 11.3 Å². The summed E-state index contributed by atoms with van der Waals surface area (Å²) in [5, 5.41) is 2.93. The smallest absolute Gasteiger partial charge is 0.374 e. The third-order valence-corrected chi connectivity index (χ3v) is 3.74. The topological polar surface area (TPSA) is 94.8 Å². The van der Waals surface area contributed by atoms with Crippen molar-refractivity contribution in [2.24, 2.45) is 0 Å². The molecule has 0 fully saturated rings. The van der Waals surface area contributed by atoms with Gasteiger partial charge in [-0.3, -0.25) is 9.59 Å². The van der Waals surface area contributed by atoms with E-state index < -0.39 is 17.3 Å². The van der Waals surface area contributed by atoms with Crippen LogP contribution in [0.3, 0.4) is 0 Å². The van der Waals surface area contributed by atoms with Crippen molar-refractivity contribution in [3.63, 3.8) is 0 Å². The molecule has 0 aliphatic rings. The van der Waals surface area contributed by atoms with Gasteiger partial charge in [0.2, 0.25) is 5.76 Å². The molecular weight excluding hydrogens is 338 g/mol. The number of amides is 1. The summed E-state index contributed by atoms with van der Waals surface area (Å²) in [5.74, 6) is -0.789. The van der Waals surface area contributed by atoms with E-state index in [0.717, 1.165) is 6.07 Å². The van der Waals surface area contributed by atoms with Gasteiger partial charge in [0, 0.05) is 11.6 Å². The summed E-state index contributed by atoms with van der Waals surface area (Å²) in [6, 6.07) is 12.3. The Kier molecular flexibility index (Phi) is 4.70. The second-order valence-electron chi connectivity index (χ2n) is 5.33. The third kappa shape index (κ3) is 3.27. The molecule has 7 heteroatoms. The number of carbonyl (C=O) groups is 2. The van der Waals surface area contributed by atoms with Gasteiger partial charge in [-0.05, 0) is 36.4 Å². The average Bonchev–Trinajstić information content (AvgIpc) is 2.67. The van der Waals surface area contributed by atoms with Crippen LogP contribution in [0.25, 0.3) is 11.0 Å². The van der Waals surface area contributed by atoms with E-state index in [1.54, 1.807) is 42.5 Å². The normalized spacial score (nSPS) is 10.4. The standard InChI is InChI=1S/C19H15NO6/c1-24-12-8-6-11(7-9-12)18(22)20-14-5-3-4-13-15(21)10-16(19(23)25-2)26-17(13)14/h3-10H,1-2H3,(H,20,22). The summed E-state index contributed by atoms with van der Waals surface area (Å²) in [6.45, 7) is 0. The number of carbonyl (C=O) groups excluding carboxylic acids is 2. The maximum Gasteiger partial charge on any atom is 0.374 e. The highest BCUT2D eigenvalue weighted by Gasteiger charge is 2.16. The SMILES string of the molecule is COC(=O)c1cc(=O)c2cccc(NC(=O)c3ccc(OC)cc3)c2o1. The number of nitrogens with one attached hydrogen (secondary N) is 1. The summed E-state index contributed by atoms with van der Waals surface area (Å²) in [7, 11) is 2.72. The first-order chi connectivity index (χ1) is 12.5. The molecule has 0 unspecified atom stereocenters. The molecular formula is C19H15NO6. The van der Waals surface area contributed by atoms with Crippen molar-refractivity contribution < 1.29 is 23.5 Å². The second-order valence-corrected chi connectivity index (χ2v) is 5.33. The van der Waals surface area contributed by atoms with E-state index in [4.69, 9.17) is 9.15 Å². The number of rotatable bonds is 4. The number of fused-ring (bicyclic) bond motifs is 1. The Labute approximate surface area is 148 Å². The summed E-state index contributed by atoms with van der Waals surface area (Å²) >= 11 is 0. The van der Waals surface area contributed by atoms with Crippen LogP contribution >= 0.6 is 0 Å². The van der Waals surface area contributed by atoms with E-state index in [1.807, 2.05) is 0 Å². The van der Waals surface area contributed by atoms with Crippen molar-refractivity contribution in [3.8, 4) is 5.75 Å². The Morgan fingerprint density at radius 1 is 1.04 bits per heavy atom. The molecule has 0 radical (unpaired) electrons. The fourth-order valence-electron chi connectivity index (χ4n) is 2.41. The number of methoxy groups -OCH3 is 2. The van der Waals surface area contributed by atoms with Gasteiger partial charge in [0.05, 0.1) is 25.3 Å². The molecule has 0 aliphatic heterocycles. The van der Waals surface area contributed by atoms with Crippen molar-refractivity contribution in [1.82, 2.24) is 0 Å². The van der Waals surface area contributed by atoms with Gasteiger partial charge >= 0.3 is 5.97 Å². The number of ether oxygens (including phenoxy) is 2. The Morgan fingerprint density at radius 2 is 1.77 bits per heavy atom. The lowest BCUT2D eigenvalue weighted by Crippen LogP contribution is -2.14. The lowest BCUT2D eigenvalue weighted by atomic mass is 10.1. The highest BCUT2D eigenvalue weighted by Crippen LogP contribution is 2.23. The van der Waals surface area contributed by atoms with Crippen LogP contribution in [0.4, 0.5) is 5.69 Å². The average molecular weight is 353 g/mol. The van der Waals surface area contributed by atoms with Gasteiger partial charge in [-0.25, -0.2) is 4.79 Å². The first-order valence-electron chi connectivity index (χ1n) is 7.64. The molecule has 26 heavy (non-hydrogen) atoms. The van der Waals surface area contributed by atoms with Gasteiger partial charge in [-0.2, -0.15) is 0 Å². The fraction of sp³-hybridized carbons (Fsp3) is 0.105. The van der Waals surface area contributed by atoms with E-state index in [2.05, 4.69) is 10.1 Å². The van der Waals surface area contributed by atoms with Gasteiger partial charge in [0.15, 0.2) is 11.0 Å². The summed E-state index contributed by atoms with van der Waals surface area (Å²) in [6.07, 6.45) is 0.